The van der Waals surface area contributed by atoms with Crippen LogP contribution in [0.5, 0.6) is 0 Å². The van der Waals surface area contributed by atoms with Crippen molar-refractivity contribution in [1.82, 2.24) is 14.5 Å². The zero-order valence-electron chi connectivity index (χ0n) is 19.4. The van der Waals surface area contributed by atoms with Crippen LogP contribution in [-0.2, 0) is 16.6 Å². The maximum atomic E-state index is 13.1. The van der Waals surface area contributed by atoms with Crippen LogP contribution in [0.15, 0.2) is 47.4 Å². The number of hydrogen-bond acceptors (Lipinski definition) is 4. The van der Waals surface area contributed by atoms with Crippen LogP contribution in [0, 0.1) is 6.92 Å². The Morgan fingerprint density at radius 3 is 2.12 bits per heavy atom. The quantitative estimate of drug-likeness (QED) is 0.571. The van der Waals surface area contributed by atoms with E-state index in [1.807, 2.05) is 0 Å². The molecule has 0 aromatic heterocycles. The van der Waals surface area contributed by atoms with Gasteiger partial charge >= 0.3 is 6.18 Å². The van der Waals surface area contributed by atoms with Gasteiger partial charge in [-0.25, -0.2) is 8.42 Å². The minimum absolute atomic E-state index is 0.0350. The maximum Gasteiger partial charge on any atom is 0.405 e. The molecule has 0 heterocycles. The lowest BCUT2D eigenvalue weighted by Gasteiger charge is -2.21. The van der Waals surface area contributed by atoms with Gasteiger partial charge in [0.1, 0.15) is 6.54 Å². The Labute approximate surface area is 197 Å². The summed E-state index contributed by atoms with van der Waals surface area (Å²) in [5.74, 6) is -1.24. The molecule has 34 heavy (non-hydrogen) atoms. The molecule has 0 atom stereocenters. The van der Waals surface area contributed by atoms with E-state index in [4.69, 9.17) is 0 Å². The Hall–Kier alpha value is -2.92. The lowest BCUT2D eigenvalue weighted by atomic mass is 10.1. The molecule has 0 unspecified atom stereocenters. The van der Waals surface area contributed by atoms with Crippen molar-refractivity contribution in [3.8, 4) is 0 Å². The summed E-state index contributed by atoms with van der Waals surface area (Å²) in [5, 5.41) is 1.80. The van der Waals surface area contributed by atoms with Crippen LogP contribution >= 0.6 is 0 Å². The average Bonchev–Trinajstić information content (AvgIpc) is 2.77. The zero-order valence-corrected chi connectivity index (χ0v) is 20.3. The van der Waals surface area contributed by atoms with E-state index in [9.17, 15) is 31.2 Å². The van der Waals surface area contributed by atoms with Crippen LogP contribution in [0.1, 0.15) is 45.7 Å². The highest BCUT2D eigenvalue weighted by Gasteiger charge is 2.28. The molecule has 2 aromatic carbocycles. The molecule has 1 N–H and O–H groups in total. The number of nitrogens with one attached hydrogen (secondary N) is 1. The van der Waals surface area contributed by atoms with E-state index in [-0.39, 0.29) is 28.5 Å². The molecule has 2 aromatic rings. The fraction of sp³-hybridized carbons (Fsp3) is 0.391. The number of halogens is 3. The van der Waals surface area contributed by atoms with Gasteiger partial charge in [0.15, 0.2) is 0 Å². The van der Waals surface area contributed by atoms with E-state index >= 15 is 0 Å². The summed E-state index contributed by atoms with van der Waals surface area (Å²) in [5.41, 5.74) is 1.57. The van der Waals surface area contributed by atoms with Crippen LogP contribution in [0.3, 0.4) is 0 Å². The number of sulfonamides is 1. The third kappa shape index (κ3) is 6.80. The van der Waals surface area contributed by atoms with Crippen LogP contribution in [0.2, 0.25) is 0 Å². The minimum Gasteiger partial charge on any atom is -0.343 e. The number of aryl methyl sites for hydroxylation is 1. The van der Waals surface area contributed by atoms with Crippen molar-refractivity contribution >= 4 is 21.8 Å². The van der Waals surface area contributed by atoms with Gasteiger partial charge < -0.3 is 10.2 Å². The van der Waals surface area contributed by atoms with Gasteiger partial charge in [-0.05, 0) is 42.3 Å². The summed E-state index contributed by atoms with van der Waals surface area (Å²) in [6.07, 6.45) is -4.50. The van der Waals surface area contributed by atoms with Gasteiger partial charge in [0.2, 0.25) is 10.0 Å². The molecule has 0 bridgehead atoms. The predicted molar refractivity (Wildman–Crippen MR) is 122 cm³/mol. The summed E-state index contributed by atoms with van der Waals surface area (Å²) in [7, 11) is -2.18. The molecule has 11 heteroatoms. The minimum atomic E-state index is -4.50. The number of carbonyl (C=O) groups is 2. The molecule has 0 aliphatic heterocycles. The number of hydrogen-bond donors (Lipinski definition) is 1. The first kappa shape index (κ1) is 27.3. The number of rotatable bonds is 9. The molecule has 7 nitrogen and oxygen atoms in total. The first-order valence-electron chi connectivity index (χ1n) is 10.6. The summed E-state index contributed by atoms with van der Waals surface area (Å²) in [4.78, 5) is 26.3. The van der Waals surface area contributed by atoms with Gasteiger partial charge in [-0.2, -0.15) is 17.5 Å². The smallest absolute Gasteiger partial charge is 0.343 e. The van der Waals surface area contributed by atoms with Gasteiger partial charge in [0, 0.05) is 37.8 Å². The standard InChI is InChI=1S/C23H28F3N3O4S/c1-5-29(6-2)34(32,33)19-12-7-16(3)20(13-19)22(31)28(4)14-17-8-10-18(11-9-17)21(30)27-15-23(24,25)26/h7-13H,5-6,14-15H2,1-4H3,(H,27,30). The molecular weight excluding hydrogens is 471 g/mol. The van der Waals surface area contributed by atoms with Crippen LogP contribution in [0.25, 0.3) is 0 Å². The van der Waals surface area contributed by atoms with E-state index in [0.717, 1.165) is 0 Å². The van der Waals surface area contributed by atoms with Gasteiger partial charge in [0.05, 0.1) is 4.90 Å². The van der Waals surface area contributed by atoms with Gasteiger partial charge in [-0.15, -0.1) is 0 Å². The van der Waals surface area contributed by atoms with Crippen molar-refractivity contribution in [2.24, 2.45) is 0 Å². The Kier molecular flexibility index (Phi) is 8.84. The van der Waals surface area contributed by atoms with E-state index in [1.165, 1.54) is 33.5 Å². The molecule has 2 rings (SSSR count). The number of benzene rings is 2. The van der Waals surface area contributed by atoms with Crippen LogP contribution in [-0.4, -0.2) is 62.3 Å². The van der Waals surface area contributed by atoms with Crippen molar-refractivity contribution in [1.29, 1.82) is 0 Å². The van der Waals surface area contributed by atoms with Crippen molar-refractivity contribution in [3.05, 3.63) is 64.7 Å². The lowest BCUT2D eigenvalue weighted by molar-refractivity contribution is -0.123. The topological polar surface area (TPSA) is 86.8 Å². The molecular formula is C23H28F3N3O4S. The zero-order chi connectivity index (χ0) is 25.7. The summed E-state index contributed by atoms with van der Waals surface area (Å²) in [6, 6.07) is 10.3. The monoisotopic (exact) mass is 499 g/mol. The lowest BCUT2D eigenvalue weighted by Crippen LogP contribution is -2.33. The highest BCUT2D eigenvalue weighted by molar-refractivity contribution is 7.89. The second kappa shape index (κ2) is 11.0. The van der Waals surface area contributed by atoms with Gasteiger partial charge in [0.25, 0.3) is 11.8 Å². The second-order valence-corrected chi connectivity index (χ2v) is 9.66. The number of alkyl halides is 3. The summed E-state index contributed by atoms with van der Waals surface area (Å²) < 4.78 is 63.8. The van der Waals surface area contributed by atoms with Crippen molar-refractivity contribution in [2.75, 3.05) is 26.7 Å². The van der Waals surface area contributed by atoms with Crippen LogP contribution < -0.4 is 5.32 Å². The SMILES string of the molecule is CCN(CC)S(=O)(=O)c1ccc(C)c(C(=O)N(C)Cc2ccc(C(=O)NCC(F)(F)F)cc2)c1. The van der Waals surface area contributed by atoms with E-state index in [1.54, 1.807) is 51.3 Å². The Bertz CT molecular complexity index is 1130. The first-order chi connectivity index (χ1) is 15.8. The van der Waals surface area contributed by atoms with Crippen molar-refractivity contribution in [2.45, 2.75) is 38.4 Å². The molecule has 0 spiro atoms. The fourth-order valence-electron chi connectivity index (χ4n) is 3.30. The molecule has 2 amide bonds. The summed E-state index contributed by atoms with van der Waals surface area (Å²) in [6.45, 7) is 4.52. The van der Waals surface area contributed by atoms with E-state index < -0.39 is 28.7 Å². The molecule has 0 aliphatic rings. The average molecular weight is 500 g/mol. The van der Waals surface area contributed by atoms with Crippen LogP contribution in [0.4, 0.5) is 13.2 Å². The second-order valence-electron chi connectivity index (χ2n) is 7.72. The molecule has 0 saturated carbocycles. The predicted octanol–water partition coefficient (Wildman–Crippen LogP) is 3.59. The highest BCUT2D eigenvalue weighted by Crippen LogP contribution is 2.21. The fourth-order valence-corrected chi connectivity index (χ4v) is 4.78. The third-order valence-electron chi connectivity index (χ3n) is 5.21. The van der Waals surface area contributed by atoms with Gasteiger partial charge in [-0.1, -0.05) is 32.0 Å². The summed E-state index contributed by atoms with van der Waals surface area (Å²) >= 11 is 0. The molecule has 0 fully saturated rings. The Morgan fingerprint density at radius 1 is 1.00 bits per heavy atom. The molecule has 0 aliphatic carbocycles. The number of nitrogens with zero attached hydrogens (tertiary/aromatic N) is 2. The first-order valence-corrected chi connectivity index (χ1v) is 12.0. The van der Waals surface area contributed by atoms with E-state index in [0.29, 0.717) is 24.2 Å². The third-order valence-corrected chi connectivity index (χ3v) is 7.26. The largest absolute Gasteiger partial charge is 0.405 e. The molecule has 0 radical (unpaired) electrons. The highest BCUT2D eigenvalue weighted by atomic mass is 32.2. The molecule has 186 valence electrons. The molecule has 0 saturated heterocycles. The maximum absolute atomic E-state index is 13.1. The Morgan fingerprint density at radius 2 is 1.59 bits per heavy atom. The van der Waals surface area contributed by atoms with Crippen molar-refractivity contribution in [3.63, 3.8) is 0 Å². The normalized spacial score (nSPS) is 12.0. The Balaban J connectivity index is 2.16. The van der Waals surface area contributed by atoms with Crippen molar-refractivity contribution < 1.29 is 31.2 Å². The number of carbonyl (C=O) groups excluding carboxylic acids is 2. The number of amides is 2. The van der Waals surface area contributed by atoms with E-state index in [2.05, 4.69) is 0 Å². The van der Waals surface area contributed by atoms with Gasteiger partial charge in [-0.3, -0.25) is 9.59 Å².